The number of hydrogen-bond acceptors (Lipinski definition) is 3. The van der Waals surface area contributed by atoms with Crippen LogP contribution in [0.2, 0.25) is 0 Å². The molecule has 2 rings (SSSR count). The van der Waals surface area contributed by atoms with Crippen LogP contribution in [0.5, 0.6) is 0 Å². The summed E-state index contributed by atoms with van der Waals surface area (Å²) in [6.45, 7) is 2.38. The maximum atomic E-state index is 11.6. The average molecular weight is 219 g/mol. The summed E-state index contributed by atoms with van der Waals surface area (Å²) in [5, 5.41) is 2.79. The first-order chi connectivity index (χ1) is 7.77. The van der Waals surface area contributed by atoms with Crippen LogP contribution < -0.4 is 5.32 Å². The largest absolute Gasteiger partial charge is 0.350 e. The second-order valence-corrected chi connectivity index (χ2v) is 3.46. The number of aryl methyl sites for hydroxylation is 1. The SMILES string of the molecule is Cc1[nH]cnc1C(=O)NCCc1cnc[nH]1. The number of nitrogens with zero attached hydrogens (tertiary/aromatic N) is 2. The van der Waals surface area contributed by atoms with E-state index in [9.17, 15) is 4.79 Å². The number of imidazole rings is 2. The predicted octanol–water partition coefficient (Wildman–Crippen LogP) is 0.414. The van der Waals surface area contributed by atoms with Crippen molar-refractivity contribution in [1.82, 2.24) is 25.3 Å². The minimum absolute atomic E-state index is 0.154. The van der Waals surface area contributed by atoms with Gasteiger partial charge in [0.25, 0.3) is 5.91 Å². The molecule has 0 fully saturated rings. The fraction of sp³-hybridized carbons (Fsp3) is 0.300. The van der Waals surface area contributed by atoms with Gasteiger partial charge in [-0.2, -0.15) is 0 Å². The molecular weight excluding hydrogens is 206 g/mol. The number of carbonyl (C=O) groups is 1. The zero-order valence-electron chi connectivity index (χ0n) is 8.95. The fourth-order valence-corrected chi connectivity index (χ4v) is 1.40. The maximum Gasteiger partial charge on any atom is 0.271 e. The van der Waals surface area contributed by atoms with Crippen molar-refractivity contribution >= 4 is 5.91 Å². The van der Waals surface area contributed by atoms with E-state index in [0.717, 1.165) is 17.8 Å². The molecule has 0 saturated carbocycles. The van der Waals surface area contributed by atoms with E-state index < -0.39 is 0 Å². The van der Waals surface area contributed by atoms with Gasteiger partial charge in [-0.3, -0.25) is 4.79 Å². The van der Waals surface area contributed by atoms with Crippen molar-refractivity contribution in [2.24, 2.45) is 0 Å². The quantitative estimate of drug-likeness (QED) is 0.696. The molecule has 0 atom stereocenters. The summed E-state index contributed by atoms with van der Waals surface area (Å²) >= 11 is 0. The van der Waals surface area contributed by atoms with Crippen molar-refractivity contribution in [2.75, 3.05) is 6.54 Å². The molecule has 16 heavy (non-hydrogen) atoms. The lowest BCUT2D eigenvalue weighted by molar-refractivity contribution is 0.0949. The monoisotopic (exact) mass is 219 g/mol. The molecule has 6 heteroatoms. The number of aromatic nitrogens is 4. The molecule has 0 saturated heterocycles. The number of hydrogen-bond donors (Lipinski definition) is 3. The van der Waals surface area contributed by atoms with Crippen molar-refractivity contribution in [1.29, 1.82) is 0 Å². The molecule has 0 aromatic carbocycles. The van der Waals surface area contributed by atoms with Gasteiger partial charge in [0.2, 0.25) is 0 Å². The highest BCUT2D eigenvalue weighted by molar-refractivity contribution is 5.93. The molecule has 2 heterocycles. The van der Waals surface area contributed by atoms with E-state index in [-0.39, 0.29) is 5.91 Å². The fourth-order valence-electron chi connectivity index (χ4n) is 1.40. The normalized spacial score (nSPS) is 10.3. The molecule has 3 N–H and O–H groups in total. The highest BCUT2D eigenvalue weighted by Gasteiger charge is 2.10. The van der Waals surface area contributed by atoms with Crippen molar-refractivity contribution in [3.05, 3.63) is 35.9 Å². The van der Waals surface area contributed by atoms with Crippen molar-refractivity contribution in [3.8, 4) is 0 Å². The van der Waals surface area contributed by atoms with Gasteiger partial charge >= 0.3 is 0 Å². The third kappa shape index (κ3) is 2.28. The van der Waals surface area contributed by atoms with E-state index in [1.165, 1.54) is 6.33 Å². The van der Waals surface area contributed by atoms with E-state index in [1.54, 1.807) is 12.5 Å². The topological polar surface area (TPSA) is 86.5 Å². The van der Waals surface area contributed by atoms with Crippen LogP contribution in [0.4, 0.5) is 0 Å². The highest BCUT2D eigenvalue weighted by atomic mass is 16.1. The lowest BCUT2D eigenvalue weighted by Gasteiger charge is -2.02. The van der Waals surface area contributed by atoms with Crippen LogP contribution in [0.1, 0.15) is 21.9 Å². The lowest BCUT2D eigenvalue weighted by Crippen LogP contribution is -2.26. The molecule has 0 radical (unpaired) electrons. The zero-order chi connectivity index (χ0) is 11.4. The van der Waals surface area contributed by atoms with Crippen LogP contribution in [0.15, 0.2) is 18.9 Å². The molecule has 0 aliphatic heterocycles. The highest BCUT2D eigenvalue weighted by Crippen LogP contribution is 1.99. The van der Waals surface area contributed by atoms with Crippen molar-refractivity contribution in [3.63, 3.8) is 0 Å². The minimum Gasteiger partial charge on any atom is -0.350 e. The van der Waals surface area contributed by atoms with Crippen LogP contribution in [0, 0.1) is 6.92 Å². The molecule has 0 unspecified atom stereocenters. The van der Waals surface area contributed by atoms with E-state index in [4.69, 9.17) is 0 Å². The second-order valence-electron chi connectivity index (χ2n) is 3.46. The lowest BCUT2D eigenvalue weighted by atomic mass is 10.3. The van der Waals surface area contributed by atoms with Gasteiger partial charge in [-0.25, -0.2) is 9.97 Å². The van der Waals surface area contributed by atoms with Crippen LogP contribution >= 0.6 is 0 Å². The predicted molar refractivity (Wildman–Crippen MR) is 57.9 cm³/mol. The Balaban J connectivity index is 1.83. The number of carbonyl (C=O) groups excluding carboxylic acids is 1. The molecule has 2 aromatic heterocycles. The third-order valence-electron chi connectivity index (χ3n) is 2.28. The van der Waals surface area contributed by atoms with E-state index in [2.05, 4.69) is 25.3 Å². The summed E-state index contributed by atoms with van der Waals surface area (Å²) in [5.41, 5.74) is 2.22. The molecule has 0 spiro atoms. The standard InChI is InChI=1S/C10H13N5O/c1-7-9(15-6-13-7)10(16)12-3-2-8-4-11-5-14-8/h4-6H,2-3H2,1H3,(H,11,14)(H,12,16)(H,13,15). The Hall–Kier alpha value is -2.11. The van der Waals surface area contributed by atoms with Gasteiger partial charge < -0.3 is 15.3 Å². The van der Waals surface area contributed by atoms with Gasteiger partial charge in [-0.15, -0.1) is 0 Å². The first-order valence-electron chi connectivity index (χ1n) is 5.03. The van der Waals surface area contributed by atoms with Gasteiger partial charge in [0.05, 0.1) is 12.7 Å². The number of nitrogens with one attached hydrogen (secondary N) is 3. The van der Waals surface area contributed by atoms with Crippen LogP contribution in [-0.2, 0) is 6.42 Å². The molecule has 2 aromatic rings. The van der Waals surface area contributed by atoms with Gasteiger partial charge in [-0.05, 0) is 6.92 Å². The summed E-state index contributed by atoms with van der Waals surface area (Å²) in [6.07, 6.45) is 5.61. The summed E-state index contributed by atoms with van der Waals surface area (Å²) < 4.78 is 0. The smallest absolute Gasteiger partial charge is 0.271 e. The molecule has 0 aliphatic carbocycles. The summed E-state index contributed by atoms with van der Waals surface area (Å²) in [4.78, 5) is 25.3. The van der Waals surface area contributed by atoms with Gasteiger partial charge in [0, 0.05) is 30.6 Å². The molecule has 1 amide bonds. The molecular formula is C10H13N5O. The molecule has 0 aliphatic rings. The van der Waals surface area contributed by atoms with E-state index >= 15 is 0 Å². The Morgan fingerprint density at radius 2 is 2.31 bits per heavy atom. The van der Waals surface area contributed by atoms with E-state index in [0.29, 0.717) is 12.2 Å². The number of amides is 1. The van der Waals surface area contributed by atoms with E-state index in [1.807, 2.05) is 6.92 Å². The average Bonchev–Trinajstić information content (AvgIpc) is 2.88. The molecule has 6 nitrogen and oxygen atoms in total. The number of rotatable bonds is 4. The first-order valence-corrected chi connectivity index (χ1v) is 5.03. The molecule has 84 valence electrons. The molecule has 0 bridgehead atoms. The van der Waals surface area contributed by atoms with Gasteiger partial charge in [0.15, 0.2) is 0 Å². The maximum absolute atomic E-state index is 11.6. The Morgan fingerprint density at radius 3 is 2.94 bits per heavy atom. The summed E-state index contributed by atoms with van der Waals surface area (Å²) in [7, 11) is 0. The number of aromatic amines is 2. The zero-order valence-corrected chi connectivity index (χ0v) is 8.95. The Morgan fingerprint density at radius 1 is 1.44 bits per heavy atom. The van der Waals surface area contributed by atoms with Crippen molar-refractivity contribution < 1.29 is 4.79 Å². The van der Waals surface area contributed by atoms with Gasteiger partial charge in [0.1, 0.15) is 5.69 Å². The van der Waals surface area contributed by atoms with Crippen molar-refractivity contribution in [2.45, 2.75) is 13.3 Å². The summed E-state index contributed by atoms with van der Waals surface area (Å²) in [5.74, 6) is -0.154. The third-order valence-corrected chi connectivity index (χ3v) is 2.28. The minimum atomic E-state index is -0.154. The summed E-state index contributed by atoms with van der Waals surface area (Å²) in [6, 6.07) is 0. The Bertz CT molecular complexity index is 459. The van der Waals surface area contributed by atoms with Crippen LogP contribution in [0.3, 0.4) is 0 Å². The first kappa shape index (κ1) is 10.4. The van der Waals surface area contributed by atoms with Crippen LogP contribution in [-0.4, -0.2) is 32.4 Å². The Labute approximate surface area is 92.5 Å². The Kier molecular flexibility index (Phi) is 3.00. The van der Waals surface area contributed by atoms with Gasteiger partial charge in [-0.1, -0.05) is 0 Å². The van der Waals surface area contributed by atoms with Crippen LogP contribution in [0.25, 0.3) is 0 Å². The second kappa shape index (κ2) is 4.61. The number of H-pyrrole nitrogens is 2.